The van der Waals surface area contributed by atoms with Crippen molar-refractivity contribution < 1.29 is 9.53 Å². The zero-order valence-corrected chi connectivity index (χ0v) is 13.8. The number of nitrogens with one attached hydrogen (secondary N) is 2. The minimum absolute atomic E-state index is 0.208. The molecule has 0 heterocycles. The molecule has 0 saturated carbocycles. The lowest BCUT2D eigenvalue weighted by atomic mass is 10.1. The summed E-state index contributed by atoms with van der Waals surface area (Å²) in [5.41, 5.74) is 3.08. The number of carbonyl (C=O) groups is 1. The predicted molar refractivity (Wildman–Crippen MR) is 93.9 cm³/mol. The van der Waals surface area contributed by atoms with Crippen LogP contribution in [0.3, 0.4) is 0 Å². The average Bonchev–Trinajstić information content (AvgIpc) is 2.59. The van der Waals surface area contributed by atoms with Gasteiger partial charge in [-0.1, -0.05) is 38.1 Å². The molecule has 0 saturated heterocycles. The molecule has 0 radical (unpaired) electrons. The fourth-order valence-corrected chi connectivity index (χ4v) is 2.10. The molecule has 0 fully saturated rings. The second-order valence-electron chi connectivity index (χ2n) is 5.35. The normalized spacial score (nSPS) is 10.2. The average molecular weight is 312 g/mol. The Morgan fingerprint density at radius 2 is 1.61 bits per heavy atom. The van der Waals surface area contributed by atoms with Crippen LogP contribution < -0.4 is 15.4 Å². The van der Waals surface area contributed by atoms with Crippen LogP contribution in [0, 0.1) is 0 Å². The molecule has 0 aromatic heterocycles. The molecule has 0 bridgehead atoms. The van der Waals surface area contributed by atoms with Gasteiger partial charge in [0, 0.05) is 12.2 Å². The zero-order chi connectivity index (χ0) is 16.5. The van der Waals surface area contributed by atoms with Crippen LogP contribution in [0.1, 0.15) is 31.4 Å². The van der Waals surface area contributed by atoms with Gasteiger partial charge in [0.2, 0.25) is 0 Å². The van der Waals surface area contributed by atoms with Crippen molar-refractivity contribution in [1.29, 1.82) is 0 Å². The van der Waals surface area contributed by atoms with E-state index in [-0.39, 0.29) is 6.03 Å². The van der Waals surface area contributed by atoms with Gasteiger partial charge in [0.1, 0.15) is 5.75 Å². The Morgan fingerprint density at radius 3 is 2.22 bits per heavy atom. The van der Waals surface area contributed by atoms with Gasteiger partial charge in [-0.3, -0.25) is 0 Å². The molecule has 0 spiro atoms. The van der Waals surface area contributed by atoms with E-state index in [9.17, 15) is 4.79 Å². The minimum Gasteiger partial charge on any atom is -0.494 e. The van der Waals surface area contributed by atoms with Crippen molar-refractivity contribution in [2.24, 2.45) is 0 Å². The maximum absolute atomic E-state index is 11.9. The van der Waals surface area contributed by atoms with E-state index in [1.54, 1.807) is 0 Å². The number of amides is 2. The summed E-state index contributed by atoms with van der Waals surface area (Å²) >= 11 is 0. The van der Waals surface area contributed by atoms with Crippen LogP contribution in [0.15, 0.2) is 48.5 Å². The van der Waals surface area contributed by atoms with Crippen LogP contribution in [0.2, 0.25) is 0 Å². The number of carbonyl (C=O) groups excluding carboxylic acids is 1. The number of urea groups is 1. The molecule has 2 rings (SSSR count). The molecule has 2 N–H and O–H groups in total. The molecule has 0 unspecified atom stereocenters. The van der Waals surface area contributed by atoms with Crippen LogP contribution in [0.25, 0.3) is 0 Å². The first-order chi connectivity index (χ1) is 11.2. The molecule has 23 heavy (non-hydrogen) atoms. The molecule has 2 aromatic carbocycles. The highest BCUT2D eigenvalue weighted by Gasteiger charge is 2.02. The quantitative estimate of drug-likeness (QED) is 0.798. The summed E-state index contributed by atoms with van der Waals surface area (Å²) in [6, 6.07) is 15.4. The molecule has 122 valence electrons. The Hall–Kier alpha value is -2.49. The van der Waals surface area contributed by atoms with E-state index in [2.05, 4.69) is 24.5 Å². The Labute approximate surface area is 137 Å². The van der Waals surface area contributed by atoms with Gasteiger partial charge in [-0.05, 0) is 48.2 Å². The van der Waals surface area contributed by atoms with Gasteiger partial charge in [-0.2, -0.15) is 0 Å². The summed E-state index contributed by atoms with van der Waals surface area (Å²) in [5.74, 6) is 0.857. The van der Waals surface area contributed by atoms with E-state index >= 15 is 0 Å². The Morgan fingerprint density at radius 1 is 0.957 bits per heavy atom. The molecule has 0 atom stereocenters. The smallest absolute Gasteiger partial charge is 0.319 e. The summed E-state index contributed by atoms with van der Waals surface area (Å²) in [6.07, 6.45) is 1.98. The van der Waals surface area contributed by atoms with Crippen molar-refractivity contribution >= 4 is 11.7 Å². The molecule has 0 aliphatic carbocycles. The van der Waals surface area contributed by atoms with Crippen LogP contribution in [-0.4, -0.2) is 12.6 Å². The highest BCUT2D eigenvalue weighted by molar-refractivity contribution is 5.89. The molecule has 2 amide bonds. The van der Waals surface area contributed by atoms with Crippen molar-refractivity contribution in [2.75, 3.05) is 11.9 Å². The number of ether oxygens (including phenoxy) is 1. The van der Waals surface area contributed by atoms with Gasteiger partial charge in [-0.25, -0.2) is 4.79 Å². The van der Waals surface area contributed by atoms with Crippen molar-refractivity contribution in [3.63, 3.8) is 0 Å². The van der Waals surface area contributed by atoms with Crippen LogP contribution >= 0.6 is 0 Å². The van der Waals surface area contributed by atoms with Gasteiger partial charge in [0.05, 0.1) is 6.61 Å². The Kier molecular flexibility index (Phi) is 6.48. The SMILES string of the molecule is CCCOc1ccc(CNC(=O)Nc2ccc(CC)cc2)cc1. The van der Waals surface area contributed by atoms with Gasteiger partial charge in [-0.15, -0.1) is 0 Å². The topological polar surface area (TPSA) is 50.4 Å². The van der Waals surface area contributed by atoms with Crippen molar-refractivity contribution in [3.8, 4) is 5.75 Å². The largest absolute Gasteiger partial charge is 0.494 e. The zero-order valence-electron chi connectivity index (χ0n) is 13.8. The van der Waals surface area contributed by atoms with E-state index in [1.807, 2.05) is 48.5 Å². The maximum atomic E-state index is 11.9. The lowest BCUT2D eigenvalue weighted by Gasteiger charge is -2.09. The van der Waals surface area contributed by atoms with Gasteiger partial charge in [0.15, 0.2) is 0 Å². The molecule has 4 nitrogen and oxygen atoms in total. The van der Waals surface area contributed by atoms with Crippen molar-refractivity contribution in [1.82, 2.24) is 5.32 Å². The van der Waals surface area contributed by atoms with Crippen LogP contribution in [-0.2, 0) is 13.0 Å². The Bertz CT molecular complexity index is 606. The maximum Gasteiger partial charge on any atom is 0.319 e. The highest BCUT2D eigenvalue weighted by atomic mass is 16.5. The Balaban J connectivity index is 1.79. The summed E-state index contributed by atoms with van der Waals surface area (Å²) in [6.45, 7) is 5.38. The number of hydrogen-bond donors (Lipinski definition) is 2. The second-order valence-corrected chi connectivity index (χ2v) is 5.35. The number of hydrogen-bond acceptors (Lipinski definition) is 2. The monoisotopic (exact) mass is 312 g/mol. The fraction of sp³-hybridized carbons (Fsp3) is 0.316. The third-order valence-corrected chi connectivity index (χ3v) is 3.47. The van der Waals surface area contributed by atoms with Crippen LogP contribution in [0.5, 0.6) is 5.75 Å². The number of rotatable bonds is 7. The molecular formula is C19H24N2O2. The van der Waals surface area contributed by atoms with Crippen molar-refractivity contribution in [2.45, 2.75) is 33.2 Å². The first-order valence-corrected chi connectivity index (χ1v) is 8.06. The summed E-state index contributed by atoms with van der Waals surface area (Å²) in [5, 5.41) is 5.68. The van der Waals surface area contributed by atoms with E-state index < -0.39 is 0 Å². The van der Waals surface area contributed by atoms with E-state index in [0.29, 0.717) is 6.54 Å². The first kappa shape index (κ1) is 16.9. The number of benzene rings is 2. The van der Waals surface area contributed by atoms with Gasteiger partial charge >= 0.3 is 6.03 Å². The third kappa shape index (κ3) is 5.66. The molecule has 2 aromatic rings. The molecule has 4 heteroatoms. The van der Waals surface area contributed by atoms with E-state index in [1.165, 1.54) is 5.56 Å². The number of anilines is 1. The fourth-order valence-electron chi connectivity index (χ4n) is 2.10. The lowest BCUT2D eigenvalue weighted by Crippen LogP contribution is -2.28. The molecule has 0 aliphatic heterocycles. The number of aryl methyl sites for hydroxylation is 1. The molecular weight excluding hydrogens is 288 g/mol. The first-order valence-electron chi connectivity index (χ1n) is 8.06. The highest BCUT2D eigenvalue weighted by Crippen LogP contribution is 2.13. The molecule has 0 aliphatic rings. The van der Waals surface area contributed by atoms with Gasteiger partial charge in [0.25, 0.3) is 0 Å². The third-order valence-electron chi connectivity index (χ3n) is 3.47. The summed E-state index contributed by atoms with van der Waals surface area (Å²) < 4.78 is 5.53. The summed E-state index contributed by atoms with van der Waals surface area (Å²) in [7, 11) is 0. The predicted octanol–water partition coefficient (Wildman–Crippen LogP) is 4.36. The lowest BCUT2D eigenvalue weighted by molar-refractivity contribution is 0.251. The van der Waals surface area contributed by atoms with Gasteiger partial charge < -0.3 is 15.4 Å². The second kappa shape index (κ2) is 8.83. The summed E-state index contributed by atoms with van der Waals surface area (Å²) in [4.78, 5) is 11.9. The minimum atomic E-state index is -0.208. The van der Waals surface area contributed by atoms with Crippen LogP contribution in [0.4, 0.5) is 10.5 Å². The van der Waals surface area contributed by atoms with E-state index in [4.69, 9.17) is 4.74 Å². The van der Waals surface area contributed by atoms with E-state index in [0.717, 1.165) is 36.4 Å². The van der Waals surface area contributed by atoms with Crippen molar-refractivity contribution in [3.05, 3.63) is 59.7 Å². The standard InChI is InChI=1S/C19H24N2O2/c1-3-13-23-18-11-7-16(8-12-18)14-20-19(22)21-17-9-5-15(4-2)6-10-17/h5-12H,3-4,13-14H2,1-2H3,(H2,20,21,22).